The van der Waals surface area contributed by atoms with Crippen LogP contribution in [0, 0.1) is 25.2 Å². The van der Waals surface area contributed by atoms with Crippen molar-refractivity contribution in [2.24, 2.45) is 0 Å². The number of piperidine rings is 1. The zero-order valence-electron chi connectivity index (χ0n) is 15.0. The molecule has 5 nitrogen and oxygen atoms in total. The normalized spacial score (nSPS) is 16.5. The lowest BCUT2D eigenvalue weighted by Crippen LogP contribution is -2.40. The van der Waals surface area contributed by atoms with Crippen LogP contribution in [0.3, 0.4) is 0 Å². The molecule has 0 spiro atoms. The number of hydrogen-bond acceptors (Lipinski definition) is 4. The molecule has 0 bridgehead atoms. The number of nitrogens with zero attached hydrogens (tertiary/aromatic N) is 3. The van der Waals surface area contributed by atoms with Crippen LogP contribution in [0.15, 0.2) is 30.0 Å². The molecule has 128 valence electrons. The second-order valence-electron chi connectivity index (χ2n) is 6.56. The first kappa shape index (κ1) is 18.0. The Morgan fingerprint density at radius 3 is 2.67 bits per heavy atom. The second kappa shape index (κ2) is 7.98. The fourth-order valence-corrected chi connectivity index (χ4v) is 2.93. The highest BCUT2D eigenvalue weighted by molar-refractivity contribution is 6.06. The molecule has 5 heteroatoms. The average molecular weight is 326 g/mol. The molecule has 0 radical (unpaired) electrons. The molecular formula is C19H26N4O. The lowest BCUT2D eigenvalue weighted by atomic mass is 10.0. The SMILES string of the molecule is Cc1cccc(NC(=O)/C(C#N)=C\N(C)C2CCN(C)CC2)c1C. The molecule has 0 aromatic heterocycles. The molecule has 2 rings (SSSR count). The van der Waals surface area contributed by atoms with Crippen LogP contribution in [0.25, 0.3) is 0 Å². The van der Waals surface area contributed by atoms with Crippen LogP contribution in [0.1, 0.15) is 24.0 Å². The van der Waals surface area contributed by atoms with Crippen LogP contribution in [0.2, 0.25) is 0 Å². The van der Waals surface area contributed by atoms with Gasteiger partial charge in [-0.25, -0.2) is 0 Å². The summed E-state index contributed by atoms with van der Waals surface area (Å²) in [6.07, 6.45) is 3.76. The van der Waals surface area contributed by atoms with E-state index in [1.807, 2.05) is 50.1 Å². The van der Waals surface area contributed by atoms with Crippen molar-refractivity contribution in [2.45, 2.75) is 32.7 Å². The summed E-state index contributed by atoms with van der Waals surface area (Å²) in [5.74, 6) is -0.356. The Balaban J connectivity index is 2.08. The Bertz CT molecular complexity index is 666. The predicted molar refractivity (Wildman–Crippen MR) is 96.5 cm³/mol. The predicted octanol–water partition coefficient (Wildman–Crippen LogP) is 2.68. The summed E-state index contributed by atoms with van der Waals surface area (Å²) >= 11 is 0. The molecule has 1 saturated heterocycles. The van der Waals surface area contributed by atoms with Crippen LogP contribution in [0.5, 0.6) is 0 Å². The molecule has 1 aromatic carbocycles. The van der Waals surface area contributed by atoms with E-state index in [0.29, 0.717) is 6.04 Å². The van der Waals surface area contributed by atoms with Gasteiger partial charge in [0, 0.05) is 25.0 Å². The molecule has 24 heavy (non-hydrogen) atoms. The van der Waals surface area contributed by atoms with Gasteiger partial charge in [-0.1, -0.05) is 12.1 Å². The minimum Gasteiger partial charge on any atom is -0.376 e. The van der Waals surface area contributed by atoms with Crippen LogP contribution >= 0.6 is 0 Å². The average Bonchev–Trinajstić information content (AvgIpc) is 2.57. The number of amides is 1. The van der Waals surface area contributed by atoms with Gasteiger partial charge in [0.2, 0.25) is 0 Å². The fourth-order valence-electron chi connectivity index (χ4n) is 2.93. The fraction of sp³-hybridized carbons (Fsp3) is 0.474. The summed E-state index contributed by atoms with van der Waals surface area (Å²) in [4.78, 5) is 16.7. The molecule has 0 atom stereocenters. The Kier molecular flexibility index (Phi) is 5.99. The third-order valence-electron chi connectivity index (χ3n) is 4.81. The number of rotatable bonds is 4. The van der Waals surface area contributed by atoms with Crippen molar-refractivity contribution in [3.05, 3.63) is 41.1 Å². The third-order valence-corrected chi connectivity index (χ3v) is 4.81. The van der Waals surface area contributed by atoms with Gasteiger partial charge >= 0.3 is 0 Å². The maximum absolute atomic E-state index is 12.4. The minimum atomic E-state index is -0.356. The summed E-state index contributed by atoms with van der Waals surface area (Å²) in [6.45, 7) is 6.05. The number of anilines is 1. The van der Waals surface area contributed by atoms with E-state index < -0.39 is 0 Å². The Morgan fingerprint density at radius 1 is 1.38 bits per heavy atom. The van der Waals surface area contributed by atoms with Crippen LogP contribution in [-0.4, -0.2) is 48.9 Å². The molecule has 1 amide bonds. The van der Waals surface area contributed by atoms with Crippen molar-refractivity contribution < 1.29 is 4.79 Å². The van der Waals surface area contributed by atoms with Crippen molar-refractivity contribution in [2.75, 3.05) is 32.5 Å². The molecule has 1 heterocycles. The molecule has 1 aliphatic heterocycles. The van der Waals surface area contributed by atoms with E-state index in [2.05, 4.69) is 17.3 Å². The molecule has 1 aromatic rings. The van der Waals surface area contributed by atoms with Crippen molar-refractivity contribution >= 4 is 11.6 Å². The quantitative estimate of drug-likeness (QED) is 0.683. The van der Waals surface area contributed by atoms with Gasteiger partial charge in [0.25, 0.3) is 5.91 Å². The highest BCUT2D eigenvalue weighted by Gasteiger charge is 2.20. The second-order valence-corrected chi connectivity index (χ2v) is 6.56. The van der Waals surface area contributed by atoms with E-state index in [1.165, 1.54) is 0 Å². The van der Waals surface area contributed by atoms with Gasteiger partial charge in [0.05, 0.1) is 0 Å². The van der Waals surface area contributed by atoms with Gasteiger partial charge in [0.15, 0.2) is 0 Å². The number of carbonyl (C=O) groups is 1. The number of carbonyl (C=O) groups excluding carboxylic acids is 1. The first-order valence-corrected chi connectivity index (χ1v) is 8.32. The number of likely N-dealkylation sites (tertiary alicyclic amines) is 1. The summed E-state index contributed by atoms with van der Waals surface area (Å²) in [5, 5.41) is 12.2. The maximum Gasteiger partial charge on any atom is 0.267 e. The molecule has 1 aliphatic rings. The minimum absolute atomic E-state index is 0.136. The molecular weight excluding hydrogens is 300 g/mol. The van der Waals surface area contributed by atoms with Crippen LogP contribution < -0.4 is 5.32 Å². The summed E-state index contributed by atoms with van der Waals surface area (Å²) < 4.78 is 0. The molecule has 0 unspecified atom stereocenters. The highest BCUT2D eigenvalue weighted by Crippen LogP contribution is 2.19. The molecule has 1 fully saturated rings. The molecule has 1 N–H and O–H groups in total. The van der Waals surface area contributed by atoms with Crippen molar-refractivity contribution in [1.82, 2.24) is 9.80 Å². The number of aryl methyl sites for hydroxylation is 1. The lowest BCUT2D eigenvalue weighted by Gasteiger charge is -2.34. The standard InChI is InChI=1S/C19H26N4O/c1-14-6-5-7-18(15(14)2)21-19(24)16(12-20)13-23(4)17-8-10-22(3)11-9-17/h5-7,13,17H,8-11H2,1-4H3,(H,21,24)/b16-13-. The van der Waals surface area contributed by atoms with Crippen molar-refractivity contribution in [3.8, 4) is 6.07 Å². The van der Waals surface area contributed by atoms with Gasteiger partial charge in [-0.05, 0) is 64.0 Å². The van der Waals surface area contributed by atoms with E-state index in [9.17, 15) is 10.1 Å². The number of hydrogen-bond donors (Lipinski definition) is 1. The number of nitriles is 1. The number of nitrogens with one attached hydrogen (secondary N) is 1. The summed E-state index contributed by atoms with van der Waals surface area (Å²) in [6, 6.07) is 8.16. The smallest absolute Gasteiger partial charge is 0.267 e. The van der Waals surface area contributed by atoms with E-state index in [-0.39, 0.29) is 11.5 Å². The van der Waals surface area contributed by atoms with E-state index in [4.69, 9.17) is 0 Å². The van der Waals surface area contributed by atoms with Gasteiger partial charge < -0.3 is 15.1 Å². The van der Waals surface area contributed by atoms with Gasteiger partial charge in [-0.3, -0.25) is 4.79 Å². The lowest BCUT2D eigenvalue weighted by molar-refractivity contribution is -0.112. The van der Waals surface area contributed by atoms with Crippen molar-refractivity contribution in [1.29, 1.82) is 5.26 Å². The van der Waals surface area contributed by atoms with Crippen molar-refractivity contribution in [3.63, 3.8) is 0 Å². The van der Waals surface area contributed by atoms with Gasteiger partial charge in [-0.2, -0.15) is 5.26 Å². The summed E-state index contributed by atoms with van der Waals surface area (Å²) in [5.41, 5.74) is 3.02. The maximum atomic E-state index is 12.4. The third kappa shape index (κ3) is 4.36. The van der Waals surface area contributed by atoms with Crippen LogP contribution in [0.4, 0.5) is 5.69 Å². The number of benzene rings is 1. The Hall–Kier alpha value is -2.32. The van der Waals surface area contributed by atoms with Gasteiger partial charge in [-0.15, -0.1) is 0 Å². The zero-order valence-corrected chi connectivity index (χ0v) is 15.0. The monoisotopic (exact) mass is 326 g/mol. The topological polar surface area (TPSA) is 59.4 Å². The Morgan fingerprint density at radius 2 is 2.04 bits per heavy atom. The van der Waals surface area contributed by atoms with E-state index in [0.717, 1.165) is 42.7 Å². The van der Waals surface area contributed by atoms with E-state index in [1.54, 1.807) is 6.20 Å². The van der Waals surface area contributed by atoms with Gasteiger partial charge in [0.1, 0.15) is 11.6 Å². The summed E-state index contributed by atoms with van der Waals surface area (Å²) in [7, 11) is 4.06. The van der Waals surface area contributed by atoms with Crippen LogP contribution in [-0.2, 0) is 4.79 Å². The molecule has 0 saturated carbocycles. The zero-order chi connectivity index (χ0) is 17.7. The molecule has 0 aliphatic carbocycles. The van der Waals surface area contributed by atoms with E-state index >= 15 is 0 Å². The highest BCUT2D eigenvalue weighted by atomic mass is 16.1. The first-order valence-electron chi connectivity index (χ1n) is 8.32. The largest absolute Gasteiger partial charge is 0.376 e. The first-order chi connectivity index (χ1) is 11.4. The Labute approximate surface area is 144 Å².